The van der Waals surface area contributed by atoms with Crippen molar-refractivity contribution in [2.75, 3.05) is 0 Å². The molecule has 1 atom stereocenters. The summed E-state index contributed by atoms with van der Waals surface area (Å²) in [6, 6.07) is 9.57. The van der Waals surface area contributed by atoms with E-state index in [-0.39, 0.29) is 12.1 Å². The minimum absolute atomic E-state index is 0.0139. The number of carboxylic acids is 1. The molecule has 1 aromatic carbocycles. The molecule has 0 aliphatic heterocycles. The van der Waals surface area contributed by atoms with E-state index in [1.807, 2.05) is 0 Å². The second-order valence-electron chi connectivity index (χ2n) is 4.28. The number of benzene rings is 1. The Bertz CT molecular complexity index is 721. The molecule has 1 N–H and O–H groups in total. The average molecular weight is 304 g/mol. The van der Waals surface area contributed by atoms with Crippen LogP contribution in [0.15, 0.2) is 42.6 Å². The van der Waals surface area contributed by atoms with Gasteiger partial charge in [0.15, 0.2) is 5.82 Å². The molecule has 0 aliphatic rings. The maximum Gasteiger partial charge on any atom is 0.304 e. The molecule has 1 aromatic heterocycles. The van der Waals surface area contributed by atoms with Crippen LogP contribution in [-0.4, -0.2) is 16.1 Å². The van der Waals surface area contributed by atoms with E-state index >= 15 is 0 Å². The van der Waals surface area contributed by atoms with Crippen LogP contribution in [0, 0.1) is 17.7 Å². The summed E-state index contributed by atoms with van der Waals surface area (Å²) in [4.78, 5) is 14.8. The summed E-state index contributed by atoms with van der Waals surface area (Å²) in [5, 5.41) is 9.42. The van der Waals surface area contributed by atoms with Gasteiger partial charge in [-0.2, -0.15) is 0 Å². The van der Waals surface area contributed by atoms with Crippen molar-refractivity contribution in [2.45, 2.75) is 12.3 Å². The smallest absolute Gasteiger partial charge is 0.304 e. The number of nitrogens with zero attached hydrogens (tertiary/aromatic N) is 1. The standard InChI is InChI=1S/C16H11ClFNO2/c17-13-5-2-1-4-12(13)11(10-16(20)21)7-8-15-14(18)6-3-9-19-15/h1-6,9,11H,10H2,(H,20,21). The Morgan fingerprint density at radius 1 is 1.33 bits per heavy atom. The molecule has 2 rings (SSSR count). The van der Waals surface area contributed by atoms with Gasteiger partial charge in [-0.25, -0.2) is 9.37 Å². The molecule has 0 radical (unpaired) electrons. The first-order valence-electron chi connectivity index (χ1n) is 6.16. The van der Waals surface area contributed by atoms with Crippen LogP contribution in [0.2, 0.25) is 5.02 Å². The predicted octanol–water partition coefficient (Wildman–Crippen LogP) is 3.48. The van der Waals surface area contributed by atoms with Gasteiger partial charge in [-0.1, -0.05) is 35.7 Å². The molecule has 5 heteroatoms. The normalized spacial score (nSPS) is 11.3. The quantitative estimate of drug-likeness (QED) is 0.883. The molecule has 0 amide bonds. The van der Waals surface area contributed by atoms with Gasteiger partial charge in [0, 0.05) is 11.2 Å². The molecule has 106 valence electrons. The van der Waals surface area contributed by atoms with Gasteiger partial charge in [-0.3, -0.25) is 4.79 Å². The van der Waals surface area contributed by atoms with Crippen molar-refractivity contribution in [3.63, 3.8) is 0 Å². The van der Waals surface area contributed by atoms with Crippen molar-refractivity contribution in [3.05, 3.63) is 64.7 Å². The van der Waals surface area contributed by atoms with E-state index in [0.29, 0.717) is 10.6 Å². The van der Waals surface area contributed by atoms with Crippen LogP contribution in [0.25, 0.3) is 0 Å². The molecular weight excluding hydrogens is 293 g/mol. The van der Waals surface area contributed by atoms with Crippen molar-refractivity contribution < 1.29 is 14.3 Å². The molecule has 0 saturated heterocycles. The van der Waals surface area contributed by atoms with E-state index in [1.54, 1.807) is 24.3 Å². The van der Waals surface area contributed by atoms with Crippen molar-refractivity contribution in [1.82, 2.24) is 4.98 Å². The zero-order valence-corrected chi connectivity index (χ0v) is 11.6. The lowest BCUT2D eigenvalue weighted by Gasteiger charge is -2.10. The third kappa shape index (κ3) is 4.04. The number of rotatable bonds is 3. The van der Waals surface area contributed by atoms with Crippen LogP contribution in [-0.2, 0) is 4.79 Å². The average Bonchev–Trinajstić information content (AvgIpc) is 2.45. The number of hydrogen-bond donors (Lipinski definition) is 1. The predicted molar refractivity (Wildman–Crippen MR) is 77.5 cm³/mol. The second kappa shape index (κ2) is 6.87. The minimum Gasteiger partial charge on any atom is -0.481 e. The topological polar surface area (TPSA) is 50.2 Å². The van der Waals surface area contributed by atoms with Crippen LogP contribution in [0.5, 0.6) is 0 Å². The molecule has 0 fully saturated rings. The van der Waals surface area contributed by atoms with Crippen LogP contribution in [0.1, 0.15) is 23.6 Å². The number of aromatic nitrogens is 1. The SMILES string of the molecule is O=C(O)CC(C#Cc1ncccc1F)c1ccccc1Cl. The van der Waals surface area contributed by atoms with Gasteiger partial charge in [-0.15, -0.1) is 0 Å². The fourth-order valence-corrected chi connectivity index (χ4v) is 2.07. The first kappa shape index (κ1) is 15.0. The van der Waals surface area contributed by atoms with E-state index in [0.717, 1.165) is 0 Å². The Balaban J connectivity index is 2.37. The Hall–Kier alpha value is -2.38. The van der Waals surface area contributed by atoms with E-state index in [1.165, 1.54) is 18.3 Å². The van der Waals surface area contributed by atoms with Gasteiger partial charge in [-0.05, 0) is 29.7 Å². The van der Waals surface area contributed by atoms with Crippen LogP contribution in [0.3, 0.4) is 0 Å². The van der Waals surface area contributed by atoms with E-state index in [4.69, 9.17) is 16.7 Å². The van der Waals surface area contributed by atoms with E-state index < -0.39 is 17.7 Å². The van der Waals surface area contributed by atoms with Crippen molar-refractivity contribution >= 4 is 17.6 Å². The maximum atomic E-state index is 13.5. The molecule has 0 spiro atoms. The Morgan fingerprint density at radius 3 is 2.76 bits per heavy atom. The zero-order valence-electron chi connectivity index (χ0n) is 10.9. The highest BCUT2D eigenvalue weighted by atomic mass is 35.5. The lowest BCUT2D eigenvalue weighted by atomic mass is 9.96. The highest BCUT2D eigenvalue weighted by molar-refractivity contribution is 6.31. The second-order valence-corrected chi connectivity index (χ2v) is 4.68. The van der Waals surface area contributed by atoms with Gasteiger partial charge in [0.25, 0.3) is 0 Å². The molecule has 2 aromatic rings. The van der Waals surface area contributed by atoms with E-state index in [2.05, 4.69) is 16.8 Å². The highest BCUT2D eigenvalue weighted by Crippen LogP contribution is 2.26. The van der Waals surface area contributed by atoms with E-state index in [9.17, 15) is 9.18 Å². The van der Waals surface area contributed by atoms with Crippen molar-refractivity contribution in [1.29, 1.82) is 0 Å². The number of carboxylic acid groups (broad SMARTS) is 1. The van der Waals surface area contributed by atoms with Gasteiger partial charge in [0.1, 0.15) is 5.69 Å². The molecular formula is C16H11ClFNO2. The Morgan fingerprint density at radius 2 is 2.10 bits per heavy atom. The fraction of sp³-hybridized carbons (Fsp3) is 0.125. The highest BCUT2D eigenvalue weighted by Gasteiger charge is 2.16. The fourth-order valence-electron chi connectivity index (χ4n) is 1.80. The van der Waals surface area contributed by atoms with Crippen molar-refractivity contribution in [3.8, 4) is 11.8 Å². The molecule has 1 unspecified atom stereocenters. The molecule has 0 saturated carbocycles. The first-order chi connectivity index (χ1) is 10.1. The largest absolute Gasteiger partial charge is 0.481 e. The zero-order chi connectivity index (χ0) is 15.2. The summed E-state index contributed by atoms with van der Waals surface area (Å²) in [5.74, 6) is 3.16. The van der Waals surface area contributed by atoms with Gasteiger partial charge >= 0.3 is 5.97 Å². The number of hydrogen-bond acceptors (Lipinski definition) is 2. The van der Waals surface area contributed by atoms with Crippen LogP contribution < -0.4 is 0 Å². The lowest BCUT2D eigenvalue weighted by Crippen LogP contribution is -2.05. The summed E-state index contributed by atoms with van der Waals surface area (Å²) < 4.78 is 13.5. The third-order valence-electron chi connectivity index (χ3n) is 2.78. The number of halogens is 2. The molecule has 1 heterocycles. The first-order valence-corrected chi connectivity index (χ1v) is 6.54. The maximum absolute atomic E-state index is 13.5. The van der Waals surface area contributed by atoms with Gasteiger partial charge in [0.05, 0.1) is 12.3 Å². The molecule has 3 nitrogen and oxygen atoms in total. The minimum atomic E-state index is -1.00. The summed E-state index contributed by atoms with van der Waals surface area (Å²) >= 11 is 6.07. The number of pyridine rings is 1. The summed E-state index contributed by atoms with van der Waals surface area (Å²) in [7, 11) is 0. The third-order valence-corrected chi connectivity index (χ3v) is 3.13. The summed E-state index contributed by atoms with van der Waals surface area (Å²) in [6.45, 7) is 0. The summed E-state index contributed by atoms with van der Waals surface area (Å²) in [6.07, 6.45) is 1.21. The van der Waals surface area contributed by atoms with Gasteiger partial charge < -0.3 is 5.11 Å². The Labute approximate surface area is 126 Å². The molecule has 0 bridgehead atoms. The lowest BCUT2D eigenvalue weighted by molar-refractivity contribution is -0.137. The number of carbonyl (C=O) groups is 1. The summed E-state index contributed by atoms with van der Waals surface area (Å²) in [5.41, 5.74) is 0.588. The van der Waals surface area contributed by atoms with Gasteiger partial charge in [0.2, 0.25) is 0 Å². The number of aliphatic carboxylic acids is 1. The monoisotopic (exact) mass is 303 g/mol. The molecule has 21 heavy (non-hydrogen) atoms. The molecule has 0 aliphatic carbocycles. The van der Waals surface area contributed by atoms with Crippen molar-refractivity contribution in [2.24, 2.45) is 0 Å². The van der Waals surface area contributed by atoms with Crippen LogP contribution in [0.4, 0.5) is 4.39 Å². The van der Waals surface area contributed by atoms with Crippen LogP contribution >= 0.6 is 11.6 Å². The Kier molecular flexibility index (Phi) is 4.91.